The van der Waals surface area contributed by atoms with Crippen LogP contribution in [0.3, 0.4) is 0 Å². The van der Waals surface area contributed by atoms with E-state index in [2.05, 4.69) is 48.5 Å². The first-order valence-electron chi connectivity index (χ1n) is 23.3. The molecule has 0 amide bonds. The first-order valence-corrected chi connectivity index (χ1v) is 23.3. The summed E-state index contributed by atoms with van der Waals surface area (Å²) < 4.78 is 6.89. The summed E-state index contributed by atoms with van der Waals surface area (Å²) in [4.78, 5) is 56.3. The van der Waals surface area contributed by atoms with Gasteiger partial charge in [-0.15, -0.1) is 0 Å². The summed E-state index contributed by atoms with van der Waals surface area (Å²) in [6.45, 7) is 9.57. The molecule has 336 valence electrons. The summed E-state index contributed by atoms with van der Waals surface area (Å²) in [6.07, 6.45) is 0. The van der Waals surface area contributed by atoms with Gasteiger partial charge in [0.25, 0.3) is 22.2 Å². The highest BCUT2D eigenvalue weighted by atomic mass is 16.1. The minimum absolute atomic E-state index is 0.185. The van der Waals surface area contributed by atoms with E-state index in [1.807, 2.05) is 125 Å². The Bertz CT molecular complexity index is 3440. The summed E-state index contributed by atoms with van der Waals surface area (Å²) in [5.41, 5.74) is 2.30. The molecule has 0 N–H and O–H groups in total. The van der Waals surface area contributed by atoms with Crippen LogP contribution < -0.4 is 22.2 Å². The van der Waals surface area contributed by atoms with Crippen molar-refractivity contribution in [1.82, 2.24) is 18.3 Å². The van der Waals surface area contributed by atoms with Crippen molar-refractivity contribution in [3.05, 3.63) is 236 Å². The van der Waals surface area contributed by atoms with Crippen molar-refractivity contribution in [2.75, 3.05) is 0 Å². The molecule has 0 radical (unpaired) electrons. The van der Waals surface area contributed by atoms with E-state index in [1.165, 1.54) is 0 Å². The average Bonchev–Trinajstić information content (AvgIpc) is 3.40. The lowest BCUT2D eigenvalue weighted by Crippen LogP contribution is -2.19. The van der Waals surface area contributed by atoms with Crippen LogP contribution in [0.25, 0.3) is 86.7 Å². The summed E-state index contributed by atoms with van der Waals surface area (Å²) in [6, 6.07) is 62.4. The number of hydrogen-bond donors (Lipinski definition) is 0. The predicted octanol–water partition coefficient (Wildman–Crippen LogP) is 12.7. The molecule has 8 heteroatoms. The van der Waals surface area contributed by atoms with E-state index in [1.54, 1.807) is 66.8 Å². The van der Waals surface area contributed by atoms with Gasteiger partial charge < -0.3 is 18.3 Å². The van der Waals surface area contributed by atoms with Crippen molar-refractivity contribution in [2.45, 2.75) is 53.9 Å². The van der Waals surface area contributed by atoms with Gasteiger partial charge in [0.15, 0.2) is 0 Å². The average molecular weight is 893 g/mol. The van der Waals surface area contributed by atoms with Crippen LogP contribution in [0.5, 0.6) is 0 Å². The van der Waals surface area contributed by atoms with Crippen LogP contribution in [-0.4, -0.2) is 18.3 Å². The molecule has 0 unspecified atom stereocenters. The van der Waals surface area contributed by atoms with E-state index in [0.717, 1.165) is 65.2 Å². The highest BCUT2D eigenvalue weighted by molar-refractivity contribution is 5.90. The quantitative estimate of drug-likeness (QED) is 0.176. The van der Waals surface area contributed by atoms with E-state index in [0.29, 0.717) is 47.7 Å². The Hall–Kier alpha value is -8.36. The molecule has 10 aromatic heterocycles. The summed E-state index contributed by atoms with van der Waals surface area (Å²) in [5, 5.41) is 9.91. The molecular weight excluding hydrogens is 841 g/mol. The molecule has 18 aromatic rings. The van der Waals surface area contributed by atoms with Gasteiger partial charge in [0.1, 0.15) is 0 Å². The standard InChI is InChI=1S/C60H52N4O4/c1-5-61-53-31-23-45(24-32-53)41-15-17-42(18-16-41)46-27-35-55(36-28-46)63(7-3)59(67)51-13-10-14-52(40-51)60(68)64(8-4)56-37-29-48(30-38-56)44-21-19-43(20-22-44)47-25-33-54(34-26-47)62(6-2)58(66)50-12-9-11-49(39-50)57(61)65/h9-40H,5-8H2,1-4H3. The Morgan fingerprint density at radius 3 is 0.559 bits per heavy atom. The van der Waals surface area contributed by atoms with Gasteiger partial charge in [-0.3, -0.25) is 19.2 Å². The molecule has 10 heterocycles. The highest BCUT2D eigenvalue weighted by Crippen LogP contribution is 2.20. The predicted molar refractivity (Wildman–Crippen MR) is 286 cm³/mol. The minimum Gasteiger partial charge on any atom is -0.309 e. The van der Waals surface area contributed by atoms with Crippen molar-refractivity contribution >= 4 is 86.7 Å². The molecule has 0 saturated carbocycles. The fourth-order valence-electron chi connectivity index (χ4n) is 9.01. The Morgan fingerprint density at radius 2 is 0.397 bits per heavy atom. The molecule has 68 heavy (non-hydrogen) atoms. The summed E-state index contributed by atoms with van der Waals surface area (Å²) in [5.74, 6) is 0. The van der Waals surface area contributed by atoms with Crippen LogP contribution >= 0.6 is 0 Å². The lowest BCUT2D eigenvalue weighted by Gasteiger charge is -2.05. The maximum absolute atomic E-state index is 14.1. The van der Waals surface area contributed by atoms with Gasteiger partial charge in [0.2, 0.25) is 0 Å². The number of hydrogen-bond acceptors (Lipinski definition) is 4. The van der Waals surface area contributed by atoms with E-state index in [-0.39, 0.29) is 22.2 Å². The first-order chi connectivity index (χ1) is 33.2. The van der Waals surface area contributed by atoms with E-state index in [9.17, 15) is 19.2 Å². The van der Waals surface area contributed by atoms with Crippen molar-refractivity contribution < 1.29 is 0 Å². The third kappa shape index (κ3) is 8.96. The highest BCUT2D eigenvalue weighted by Gasteiger charge is 2.05. The number of benzene rings is 8. The second-order valence-corrected chi connectivity index (χ2v) is 16.7. The molecule has 16 bridgehead atoms. The van der Waals surface area contributed by atoms with Gasteiger partial charge in [0.05, 0.1) is 0 Å². The van der Waals surface area contributed by atoms with E-state index >= 15 is 0 Å². The lowest BCUT2D eigenvalue weighted by molar-refractivity contribution is 0.764. The van der Waals surface area contributed by atoms with Gasteiger partial charge in [-0.05, 0) is 156 Å². The van der Waals surface area contributed by atoms with Crippen LogP contribution in [-0.2, 0) is 26.2 Å². The molecule has 0 fully saturated rings. The van der Waals surface area contributed by atoms with E-state index in [4.69, 9.17) is 0 Å². The number of nitrogens with zero attached hydrogens (tertiary/aromatic N) is 4. The smallest absolute Gasteiger partial charge is 0.258 e. The number of rotatable bonds is 4. The van der Waals surface area contributed by atoms with Gasteiger partial charge in [-0.1, -0.05) is 109 Å². The van der Waals surface area contributed by atoms with Crippen molar-refractivity contribution in [3.63, 3.8) is 0 Å². The van der Waals surface area contributed by atoms with Crippen LogP contribution in [0.4, 0.5) is 0 Å². The van der Waals surface area contributed by atoms with Crippen molar-refractivity contribution in [2.24, 2.45) is 0 Å². The molecule has 0 saturated heterocycles. The van der Waals surface area contributed by atoms with Gasteiger partial charge >= 0.3 is 0 Å². The third-order valence-corrected chi connectivity index (χ3v) is 12.8. The second-order valence-electron chi connectivity index (χ2n) is 16.7. The van der Waals surface area contributed by atoms with Crippen LogP contribution in [0.2, 0.25) is 0 Å². The summed E-state index contributed by atoms with van der Waals surface area (Å²) in [7, 11) is 0. The minimum atomic E-state index is -0.185. The van der Waals surface area contributed by atoms with Gasteiger partial charge in [-0.2, -0.15) is 0 Å². The molecule has 0 aliphatic heterocycles. The Labute approximate surface area is 392 Å². The van der Waals surface area contributed by atoms with Crippen molar-refractivity contribution in [1.29, 1.82) is 0 Å². The van der Waals surface area contributed by atoms with Crippen LogP contribution in [0, 0.1) is 0 Å². The van der Waals surface area contributed by atoms with Crippen molar-refractivity contribution in [3.8, 4) is 0 Å². The first kappa shape index (κ1) is 44.8. The second kappa shape index (κ2) is 19.6. The van der Waals surface area contributed by atoms with Crippen LogP contribution in [0.1, 0.15) is 27.7 Å². The third-order valence-electron chi connectivity index (χ3n) is 12.8. The monoisotopic (exact) mass is 892 g/mol. The maximum Gasteiger partial charge on any atom is 0.258 e. The Kier molecular flexibility index (Phi) is 12.9. The lowest BCUT2D eigenvalue weighted by atomic mass is 10.1. The molecule has 8 nitrogen and oxygen atoms in total. The number of aromatic nitrogens is 4. The SMILES string of the molecule is CCn1c(=O)c2cccc(c2)c(=O)n(CC)c2ccc(cc2)c2ccc(cc2)c2ccc(cc2)n(CC)c(=O)c2cccc(c2)c(=O)n(CC)c2ccc(cc2)c2ccc(cc2)c2ccc1cc2. The van der Waals surface area contributed by atoms with E-state index < -0.39 is 0 Å². The molecule has 8 aromatic carbocycles. The van der Waals surface area contributed by atoms with Crippen LogP contribution in [0.15, 0.2) is 213 Å². The topological polar surface area (TPSA) is 88.0 Å². The van der Waals surface area contributed by atoms with Gasteiger partial charge in [-0.25, -0.2) is 0 Å². The zero-order chi connectivity index (χ0) is 47.3. The van der Waals surface area contributed by atoms with Gasteiger partial charge in [0, 0.05) is 69.8 Å². The fraction of sp³-hybridized carbons (Fsp3) is 0.133. The molecule has 0 spiro atoms. The Morgan fingerprint density at radius 1 is 0.235 bits per heavy atom. The normalized spacial score (nSPS) is 11.1. The molecular formula is C60H52N4O4. The number of aryl methyl sites for hydroxylation is 4. The zero-order valence-corrected chi connectivity index (χ0v) is 38.7. The molecule has 0 aliphatic carbocycles. The maximum atomic E-state index is 14.1. The largest absolute Gasteiger partial charge is 0.309 e. The zero-order valence-electron chi connectivity index (χ0n) is 38.7. The fourth-order valence-corrected chi connectivity index (χ4v) is 9.01. The molecule has 18 rings (SSSR count). The molecule has 0 atom stereocenters. The molecule has 0 aliphatic rings. The Balaban J connectivity index is 1.26. The summed E-state index contributed by atoms with van der Waals surface area (Å²) >= 11 is 0.